The molecule has 0 saturated carbocycles. The summed E-state index contributed by atoms with van der Waals surface area (Å²) in [5.74, 6) is 0.328. The largest absolute Gasteiger partial charge is 0.444 e. The van der Waals surface area contributed by atoms with Crippen molar-refractivity contribution in [1.29, 1.82) is 0 Å². The zero-order valence-electron chi connectivity index (χ0n) is 14.0. The van der Waals surface area contributed by atoms with Crippen LogP contribution in [0.3, 0.4) is 0 Å². The lowest BCUT2D eigenvalue weighted by atomic mass is 9.89. The van der Waals surface area contributed by atoms with Gasteiger partial charge in [-0.05, 0) is 51.1 Å². The lowest BCUT2D eigenvalue weighted by molar-refractivity contribution is 0.0195. The third-order valence-corrected chi connectivity index (χ3v) is 5.53. The molecule has 1 aromatic carbocycles. The minimum Gasteiger partial charge on any atom is -0.444 e. The van der Waals surface area contributed by atoms with Crippen LogP contribution >= 0.6 is 27.7 Å². The molecule has 0 unspecified atom stereocenters. The second-order valence-corrected chi connectivity index (χ2v) is 8.91. The highest BCUT2D eigenvalue weighted by atomic mass is 79.9. The highest BCUT2D eigenvalue weighted by Gasteiger charge is 2.40. The van der Waals surface area contributed by atoms with Gasteiger partial charge in [-0.25, -0.2) is 4.79 Å². The fourth-order valence-electron chi connectivity index (χ4n) is 3.33. The van der Waals surface area contributed by atoms with E-state index in [1.54, 1.807) is 11.8 Å². The SMILES string of the molecule is CSc1cc(Br)cc2c1N[C@@H]1CCN(C(=O)OC(C)(C)C)C[C@H]21. The summed E-state index contributed by atoms with van der Waals surface area (Å²) in [6, 6.07) is 4.74. The maximum absolute atomic E-state index is 12.4. The number of hydrogen-bond acceptors (Lipinski definition) is 4. The first-order valence-electron chi connectivity index (χ1n) is 7.90. The second-order valence-electron chi connectivity index (χ2n) is 7.14. The van der Waals surface area contributed by atoms with E-state index in [2.05, 4.69) is 39.6 Å². The van der Waals surface area contributed by atoms with Gasteiger partial charge in [-0.2, -0.15) is 0 Å². The fourth-order valence-corrected chi connectivity index (χ4v) is 4.58. The van der Waals surface area contributed by atoms with E-state index < -0.39 is 5.60 Å². The van der Waals surface area contributed by atoms with E-state index >= 15 is 0 Å². The van der Waals surface area contributed by atoms with Crippen molar-refractivity contribution in [3.8, 4) is 0 Å². The van der Waals surface area contributed by atoms with Crippen LogP contribution in [0.5, 0.6) is 0 Å². The number of thioether (sulfide) groups is 1. The first kappa shape index (κ1) is 17.0. The molecule has 2 heterocycles. The lowest BCUT2D eigenvalue weighted by Gasteiger charge is -2.36. The molecule has 1 N–H and O–H groups in total. The predicted molar refractivity (Wildman–Crippen MR) is 98.5 cm³/mol. The molecular formula is C17H23BrN2O2S. The van der Waals surface area contributed by atoms with Gasteiger partial charge >= 0.3 is 6.09 Å². The number of nitrogens with one attached hydrogen (secondary N) is 1. The minimum atomic E-state index is -0.450. The van der Waals surface area contributed by atoms with Crippen molar-refractivity contribution in [2.45, 2.75) is 49.6 Å². The zero-order valence-corrected chi connectivity index (χ0v) is 16.4. The van der Waals surface area contributed by atoms with Gasteiger partial charge in [0.2, 0.25) is 0 Å². The number of fused-ring (bicyclic) bond motifs is 3. The molecule has 3 rings (SSSR count). The first-order valence-corrected chi connectivity index (χ1v) is 9.92. The molecule has 2 atom stereocenters. The summed E-state index contributed by atoms with van der Waals surface area (Å²) >= 11 is 5.36. The van der Waals surface area contributed by atoms with Crippen molar-refractivity contribution in [2.75, 3.05) is 24.7 Å². The Kier molecular flexibility index (Phi) is 4.58. The number of carbonyl (C=O) groups is 1. The number of hydrogen-bond donors (Lipinski definition) is 1. The number of halogens is 1. The van der Waals surface area contributed by atoms with Crippen LogP contribution in [0, 0.1) is 0 Å². The van der Waals surface area contributed by atoms with Crippen LogP contribution in [0.25, 0.3) is 0 Å². The van der Waals surface area contributed by atoms with Crippen LogP contribution < -0.4 is 5.32 Å². The molecule has 2 aliphatic rings. The van der Waals surface area contributed by atoms with Gasteiger partial charge in [0.1, 0.15) is 5.60 Å². The summed E-state index contributed by atoms with van der Waals surface area (Å²) in [7, 11) is 0. The number of piperidine rings is 1. The van der Waals surface area contributed by atoms with Gasteiger partial charge in [0.25, 0.3) is 0 Å². The van der Waals surface area contributed by atoms with E-state index in [1.165, 1.54) is 16.1 Å². The van der Waals surface area contributed by atoms with Crippen LogP contribution in [0.4, 0.5) is 10.5 Å². The van der Waals surface area contributed by atoms with Gasteiger partial charge in [-0.1, -0.05) is 15.9 Å². The Hall–Kier alpha value is -0.880. The summed E-state index contributed by atoms with van der Waals surface area (Å²) in [5.41, 5.74) is 2.10. The van der Waals surface area contributed by atoms with E-state index in [0.29, 0.717) is 18.5 Å². The van der Waals surface area contributed by atoms with Gasteiger partial charge in [-0.3, -0.25) is 0 Å². The first-order chi connectivity index (χ1) is 10.8. The highest BCUT2D eigenvalue weighted by Crippen LogP contribution is 2.46. The van der Waals surface area contributed by atoms with Gasteiger partial charge in [0, 0.05) is 34.4 Å². The molecule has 6 heteroatoms. The van der Waals surface area contributed by atoms with E-state index in [0.717, 1.165) is 17.4 Å². The van der Waals surface area contributed by atoms with Crippen LogP contribution in [-0.2, 0) is 4.74 Å². The lowest BCUT2D eigenvalue weighted by Crippen LogP contribution is -2.46. The van der Waals surface area contributed by atoms with Crippen LogP contribution in [-0.4, -0.2) is 42.0 Å². The molecule has 1 fully saturated rings. The number of anilines is 1. The Morgan fingerprint density at radius 1 is 1.43 bits per heavy atom. The standard InChI is InChI=1S/C17H23BrN2O2S/c1-17(2,3)22-16(21)20-6-5-13-12(9-20)11-7-10(18)8-14(23-4)15(11)19-13/h7-8,12-13,19H,5-6,9H2,1-4H3/t12-,13-/m1/s1. The molecule has 2 aliphatic heterocycles. The molecule has 1 saturated heterocycles. The molecule has 4 nitrogen and oxygen atoms in total. The fraction of sp³-hybridized carbons (Fsp3) is 0.588. The van der Waals surface area contributed by atoms with Crippen molar-refractivity contribution in [3.05, 3.63) is 22.2 Å². The van der Waals surface area contributed by atoms with E-state index in [4.69, 9.17) is 4.74 Å². The highest BCUT2D eigenvalue weighted by molar-refractivity contribution is 9.10. The average molecular weight is 399 g/mol. The Morgan fingerprint density at radius 2 is 2.17 bits per heavy atom. The van der Waals surface area contributed by atoms with Gasteiger partial charge in [0.05, 0.1) is 5.69 Å². The van der Waals surface area contributed by atoms with Crippen LogP contribution in [0.15, 0.2) is 21.5 Å². The quantitative estimate of drug-likeness (QED) is 0.696. The van der Waals surface area contributed by atoms with Crippen molar-refractivity contribution < 1.29 is 9.53 Å². The normalized spacial score (nSPS) is 23.1. The average Bonchev–Trinajstić information content (AvgIpc) is 2.82. The maximum Gasteiger partial charge on any atom is 0.410 e. The second kappa shape index (κ2) is 6.20. The monoisotopic (exact) mass is 398 g/mol. The van der Waals surface area contributed by atoms with Gasteiger partial charge < -0.3 is 15.0 Å². The van der Waals surface area contributed by atoms with Crippen molar-refractivity contribution in [2.24, 2.45) is 0 Å². The number of amides is 1. The molecular weight excluding hydrogens is 376 g/mol. The van der Waals surface area contributed by atoms with Gasteiger partial charge in [-0.15, -0.1) is 11.8 Å². The van der Waals surface area contributed by atoms with Crippen molar-refractivity contribution in [1.82, 2.24) is 4.90 Å². The molecule has 0 radical (unpaired) electrons. The van der Waals surface area contributed by atoms with E-state index in [9.17, 15) is 4.79 Å². The molecule has 0 aromatic heterocycles. The molecule has 23 heavy (non-hydrogen) atoms. The Bertz CT molecular complexity index is 630. The summed E-state index contributed by atoms with van der Waals surface area (Å²) in [5, 5.41) is 3.67. The maximum atomic E-state index is 12.4. The summed E-state index contributed by atoms with van der Waals surface area (Å²) in [4.78, 5) is 15.5. The van der Waals surface area contributed by atoms with Crippen molar-refractivity contribution in [3.63, 3.8) is 0 Å². The summed E-state index contributed by atoms with van der Waals surface area (Å²) in [6.45, 7) is 7.18. The molecule has 0 spiro atoms. The topological polar surface area (TPSA) is 41.6 Å². The third kappa shape index (κ3) is 3.48. The molecule has 126 valence electrons. The Morgan fingerprint density at radius 3 is 2.83 bits per heavy atom. The Labute approximate surface area is 150 Å². The molecule has 1 aromatic rings. The van der Waals surface area contributed by atoms with Gasteiger partial charge in [0.15, 0.2) is 0 Å². The number of rotatable bonds is 1. The number of nitrogens with zero attached hydrogens (tertiary/aromatic N) is 1. The van der Waals surface area contributed by atoms with E-state index in [1.807, 2.05) is 25.7 Å². The summed E-state index contributed by atoms with van der Waals surface area (Å²) < 4.78 is 6.63. The minimum absolute atomic E-state index is 0.204. The molecule has 1 amide bonds. The summed E-state index contributed by atoms with van der Waals surface area (Å²) in [6.07, 6.45) is 2.84. The van der Waals surface area contributed by atoms with Crippen LogP contribution in [0.2, 0.25) is 0 Å². The number of benzene rings is 1. The predicted octanol–water partition coefficient (Wildman–Crippen LogP) is 4.69. The molecule has 0 bridgehead atoms. The Balaban J connectivity index is 1.82. The van der Waals surface area contributed by atoms with E-state index in [-0.39, 0.29) is 6.09 Å². The molecule has 0 aliphatic carbocycles. The number of carbonyl (C=O) groups excluding carboxylic acids is 1. The number of likely N-dealkylation sites (tertiary alicyclic amines) is 1. The zero-order chi connectivity index (χ0) is 16.8. The smallest absolute Gasteiger partial charge is 0.410 e. The number of ether oxygens (including phenoxy) is 1. The third-order valence-electron chi connectivity index (χ3n) is 4.31. The van der Waals surface area contributed by atoms with Crippen molar-refractivity contribution >= 4 is 39.5 Å². The van der Waals surface area contributed by atoms with Crippen LogP contribution in [0.1, 0.15) is 38.7 Å².